The highest BCUT2D eigenvalue weighted by Crippen LogP contribution is 2.36. The van der Waals surface area contributed by atoms with E-state index >= 15 is 0 Å². The Bertz CT molecular complexity index is 1350. The van der Waals surface area contributed by atoms with Gasteiger partial charge in [0.1, 0.15) is 24.5 Å². The third-order valence-electron chi connectivity index (χ3n) is 7.91. The molecule has 2 aromatic rings. The number of rotatable bonds is 10. The molecule has 5 unspecified atom stereocenters. The highest BCUT2D eigenvalue weighted by Gasteiger charge is 2.43. The maximum atomic E-state index is 13.7. The van der Waals surface area contributed by atoms with Gasteiger partial charge in [0.2, 0.25) is 5.91 Å². The minimum absolute atomic E-state index is 0.00319. The van der Waals surface area contributed by atoms with Crippen LogP contribution in [0.5, 0.6) is 0 Å². The van der Waals surface area contributed by atoms with Crippen LogP contribution in [0.25, 0.3) is 10.9 Å². The molecule has 1 amide bonds. The third kappa shape index (κ3) is 7.10. The number of hydrogen-bond donors (Lipinski definition) is 2. The Labute approximate surface area is 238 Å². The summed E-state index contributed by atoms with van der Waals surface area (Å²) in [6.07, 6.45) is 2.20. The van der Waals surface area contributed by atoms with Gasteiger partial charge in [0.25, 0.3) is 0 Å². The summed E-state index contributed by atoms with van der Waals surface area (Å²) in [6, 6.07) is 5.05. The summed E-state index contributed by atoms with van der Waals surface area (Å²) >= 11 is 0. The normalized spacial score (nSPS) is 25.0. The second-order valence-corrected chi connectivity index (χ2v) is 11.2. The van der Waals surface area contributed by atoms with Gasteiger partial charge in [-0.25, -0.2) is 9.59 Å². The topological polar surface area (TPSA) is 155 Å². The fraction of sp³-hybridized carbons (Fsp3) is 0.586. The minimum atomic E-state index is -1.23. The first-order chi connectivity index (χ1) is 19.6. The molecule has 1 saturated heterocycles. The number of nitrogens with one attached hydrogen (secondary N) is 2. The first-order valence-electron chi connectivity index (χ1n) is 14.0. The number of Topliss-reactive ketones (excluding diaryl/α,β-unsaturated/α-hetero) is 1. The lowest BCUT2D eigenvalue weighted by Gasteiger charge is -2.34. The van der Waals surface area contributed by atoms with Crippen LogP contribution in [0.4, 0.5) is 5.82 Å². The highest BCUT2D eigenvalue weighted by molar-refractivity contribution is 5.99. The molecule has 4 rings (SSSR count). The molecule has 2 N–H and O–H groups in total. The Kier molecular flexibility index (Phi) is 9.74. The zero-order valence-corrected chi connectivity index (χ0v) is 23.9. The van der Waals surface area contributed by atoms with Gasteiger partial charge in [-0.05, 0) is 55.6 Å². The van der Waals surface area contributed by atoms with E-state index in [1.165, 1.54) is 18.8 Å². The van der Waals surface area contributed by atoms with Crippen molar-refractivity contribution in [3.8, 4) is 0 Å². The molecule has 1 aromatic heterocycles. The molecule has 2 heterocycles. The molecule has 0 radical (unpaired) electrons. The highest BCUT2D eigenvalue weighted by atomic mass is 16.6. The lowest BCUT2D eigenvalue weighted by Crippen LogP contribution is -2.53. The maximum absolute atomic E-state index is 13.7. The van der Waals surface area contributed by atoms with Crippen molar-refractivity contribution in [2.24, 2.45) is 17.8 Å². The number of nitrogens with zero attached hydrogens (tertiary/aromatic N) is 2. The summed E-state index contributed by atoms with van der Waals surface area (Å²) < 4.78 is 16.2. The quantitative estimate of drug-likeness (QED) is 0.404. The predicted octanol–water partition coefficient (Wildman–Crippen LogP) is 1.83. The molecule has 1 saturated carbocycles. The maximum Gasteiger partial charge on any atom is 0.350 e. The van der Waals surface area contributed by atoms with Crippen molar-refractivity contribution in [3.05, 3.63) is 34.7 Å². The molecule has 2 fully saturated rings. The number of carbonyl (C=O) groups excluding carboxylic acids is 4. The Hall–Kier alpha value is -3.80. The van der Waals surface area contributed by atoms with Crippen molar-refractivity contribution < 1.29 is 33.4 Å². The number of carbonyl (C=O) groups is 4. The van der Waals surface area contributed by atoms with Crippen molar-refractivity contribution in [2.75, 3.05) is 26.1 Å². The van der Waals surface area contributed by atoms with Crippen molar-refractivity contribution in [3.63, 3.8) is 0 Å². The number of ether oxygens (including phenoxy) is 3. The number of aryl methyl sites for hydroxylation is 1. The summed E-state index contributed by atoms with van der Waals surface area (Å²) in [5.74, 6) is -0.697. The van der Waals surface area contributed by atoms with E-state index in [1.54, 1.807) is 24.3 Å². The number of ketones is 1. The number of para-hydroxylation sites is 1. The van der Waals surface area contributed by atoms with E-state index in [4.69, 9.17) is 14.2 Å². The minimum Gasteiger partial charge on any atom is -0.469 e. The van der Waals surface area contributed by atoms with E-state index in [0.717, 1.165) is 19.3 Å². The molecule has 1 aliphatic heterocycles. The summed E-state index contributed by atoms with van der Waals surface area (Å²) in [5, 5.41) is 6.48. The van der Waals surface area contributed by atoms with Gasteiger partial charge in [-0.15, -0.1) is 0 Å². The van der Waals surface area contributed by atoms with Crippen LogP contribution in [0, 0.1) is 17.8 Å². The van der Waals surface area contributed by atoms with E-state index in [1.807, 2.05) is 0 Å². The Morgan fingerprint density at radius 2 is 1.78 bits per heavy atom. The zero-order valence-electron chi connectivity index (χ0n) is 23.9. The second kappa shape index (κ2) is 13.2. The molecule has 41 heavy (non-hydrogen) atoms. The van der Waals surface area contributed by atoms with Gasteiger partial charge >= 0.3 is 17.6 Å². The number of methoxy groups -OCH3 is 2. The predicted molar refractivity (Wildman–Crippen MR) is 149 cm³/mol. The van der Waals surface area contributed by atoms with E-state index < -0.39 is 47.5 Å². The number of hydrogen-bond acceptors (Lipinski definition) is 10. The van der Waals surface area contributed by atoms with Gasteiger partial charge in [-0.3, -0.25) is 19.0 Å². The number of amides is 1. The largest absolute Gasteiger partial charge is 0.469 e. The molecular weight excluding hydrogens is 532 g/mol. The number of aromatic nitrogens is 2. The van der Waals surface area contributed by atoms with Crippen molar-refractivity contribution >= 4 is 40.3 Å². The van der Waals surface area contributed by atoms with Gasteiger partial charge < -0.3 is 24.8 Å². The molecule has 0 bridgehead atoms. The fourth-order valence-electron chi connectivity index (χ4n) is 6.15. The average Bonchev–Trinajstić information content (AvgIpc) is 3.30. The van der Waals surface area contributed by atoms with Crippen molar-refractivity contribution in [2.45, 2.75) is 70.7 Å². The lowest BCUT2D eigenvalue weighted by atomic mass is 9.74. The Balaban J connectivity index is 1.66. The first kappa shape index (κ1) is 30.2. The Morgan fingerprint density at radius 3 is 2.46 bits per heavy atom. The van der Waals surface area contributed by atoms with Crippen LogP contribution in [0.3, 0.4) is 0 Å². The monoisotopic (exact) mass is 570 g/mol. The van der Waals surface area contributed by atoms with Crippen LogP contribution >= 0.6 is 0 Å². The average molecular weight is 571 g/mol. The van der Waals surface area contributed by atoms with Crippen molar-refractivity contribution in [1.82, 2.24) is 14.9 Å². The number of esters is 2. The lowest BCUT2D eigenvalue weighted by molar-refractivity contribution is -0.152. The fourth-order valence-corrected chi connectivity index (χ4v) is 6.15. The molecule has 1 aromatic carbocycles. The zero-order chi connectivity index (χ0) is 29.7. The SMILES string of the molecule is COC(=O)CCn1c(=O)nc(NC(CC2CC(C)CC(C)C2)C(=O)NC2C(=O)COC2C(=O)OC)c2ccccc21. The van der Waals surface area contributed by atoms with Gasteiger partial charge in [0.05, 0.1) is 26.2 Å². The van der Waals surface area contributed by atoms with E-state index in [-0.39, 0.29) is 31.3 Å². The summed E-state index contributed by atoms with van der Waals surface area (Å²) in [7, 11) is 2.47. The summed E-state index contributed by atoms with van der Waals surface area (Å²) in [6.45, 7) is 4.17. The van der Waals surface area contributed by atoms with Crippen LogP contribution in [-0.4, -0.2) is 72.2 Å². The van der Waals surface area contributed by atoms with Crippen LogP contribution in [-0.2, 0) is 39.9 Å². The molecule has 2 aliphatic rings. The van der Waals surface area contributed by atoms with Crippen LogP contribution in [0.1, 0.15) is 46.0 Å². The first-order valence-corrected chi connectivity index (χ1v) is 14.0. The molecule has 12 heteroatoms. The van der Waals surface area contributed by atoms with Crippen LogP contribution in [0.2, 0.25) is 0 Å². The van der Waals surface area contributed by atoms with Gasteiger partial charge in [0, 0.05) is 11.9 Å². The van der Waals surface area contributed by atoms with Crippen LogP contribution in [0.15, 0.2) is 29.1 Å². The summed E-state index contributed by atoms with van der Waals surface area (Å²) in [5.41, 5.74) is -0.0394. The van der Waals surface area contributed by atoms with Crippen molar-refractivity contribution in [1.29, 1.82) is 0 Å². The van der Waals surface area contributed by atoms with Gasteiger partial charge in [-0.1, -0.05) is 26.0 Å². The van der Waals surface area contributed by atoms with E-state index in [9.17, 15) is 24.0 Å². The third-order valence-corrected chi connectivity index (χ3v) is 7.91. The van der Waals surface area contributed by atoms with E-state index in [2.05, 4.69) is 29.5 Å². The molecule has 1 aliphatic carbocycles. The number of fused-ring (bicyclic) bond motifs is 1. The molecule has 12 nitrogen and oxygen atoms in total. The van der Waals surface area contributed by atoms with Gasteiger partial charge in [-0.2, -0.15) is 4.98 Å². The molecule has 222 valence electrons. The number of anilines is 1. The standard InChI is InChI=1S/C29H38N4O8/c1-16-11-17(2)13-18(12-16)14-20(27(36)31-24-22(34)15-41-25(24)28(37)40-4)30-26-19-7-5-6-8-21(19)33(29(38)32-26)10-9-23(35)39-3/h5-8,16-18,20,24-25H,9-15H2,1-4H3,(H,31,36)(H,30,32,38). The van der Waals surface area contributed by atoms with Gasteiger partial charge in [0.15, 0.2) is 11.9 Å². The molecule has 0 spiro atoms. The molecule has 5 atom stereocenters. The Morgan fingerprint density at radius 1 is 1.07 bits per heavy atom. The van der Waals surface area contributed by atoms with Crippen LogP contribution < -0.4 is 16.3 Å². The van der Waals surface area contributed by atoms with E-state index in [0.29, 0.717) is 29.2 Å². The summed E-state index contributed by atoms with van der Waals surface area (Å²) in [4.78, 5) is 67.5. The number of benzene rings is 1. The smallest absolute Gasteiger partial charge is 0.350 e. The molecular formula is C29H38N4O8. The second-order valence-electron chi connectivity index (χ2n) is 11.2.